The van der Waals surface area contributed by atoms with Crippen LogP contribution >= 0.6 is 0 Å². The number of esters is 1. The molecule has 0 saturated carbocycles. The Labute approximate surface area is 145 Å². The topological polar surface area (TPSA) is 92.1 Å². The van der Waals surface area contributed by atoms with Crippen LogP contribution in [0.4, 0.5) is 5.69 Å². The molecule has 0 radical (unpaired) electrons. The standard InChI is InChI=1S/C19H17N3O3/c1-14(23)11-19(24)25-13-17(16-5-3-2-4-6-16)12-15-7-9-18(10-8-15)21-22-20/h2-10,12H,11,13H2,1H3/b17-12+. The quantitative estimate of drug-likeness (QED) is 0.183. The van der Waals surface area contributed by atoms with E-state index in [1.54, 1.807) is 12.1 Å². The maximum atomic E-state index is 11.6. The lowest BCUT2D eigenvalue weighted by atomic mass is 10.0. The van der Waals surface area contributed by atoms with Crippen molar-refractivity contribution < 1.29 is 14.3 Å². The lowest BCUT2D eigenvalue weighted by molar-refractivity contribution is -0.144. The van der Waals surface area contributed by atoms with Crippen LogP contribution in [0.3, 0.4) is 0 Å². The van der Waals surface area contributed by atoms with Gasteiger partial charge in [0.15, 0.2) is 0 Å². The lowest BCUT2D eigenvalue weighted by Gasteiger charge is -2.09. The predicted octanol–water partition coefficient (Wildman–Crippen LogP) is 4.69. The first-order valence-corrected chi connectivity index (χ1v) is 7.64. The van der Waals surface area contributed by atoms with E-state index >= 15 is 0 Å². The summed E-state index contributed by atoms with van der Waals surface area (Å²) >= 11 is 0. The Kier molecular flexibility index (Phi) is 6.51. The summed E-state index contributed by atoms with van der Waals surface area (Å²) in [5, 5.41) is 3.53. The predicted molar refractivity (Wildman–Crippen MR) is 95.8 cm³/mol. The number of hydrogen-bond acceptors (Lipinski definition) is 4. The summed E-state index contributed by atoms with van der Waals surface area (Å²) in [7, 11) is 0. The summed E-state index contributed by atoms with van der Waals surface area (Å²) in [6.45, 7) is 1.41. The average Bonchev–Trinajstić information content (AvgIpc) is 2.60. The van der Waals surface area contributed by atoms with Gasteiger partial charge in [-0.05, 0) is 35.2 Å². The summed E-state index contributed by atoms with van der Waals surface area (Å²) in [5.74, 6) is -0.781. The first-order chi connectivity index (χ1) is 12.1. The van der Waals surface area contributed by atoms with Crippen molar-refractivity contribution in [3.63, 3.8) is 0 Å². The molecule has 0 atom stereocenters. The molecule has 2 aromatic rings. The maximum absolute atomic E-state index is 11.6. The van der Waals surface area contributed by atoms with Gasteiger partial charge >= 0.3 is 5.97 Å². The van der Waals surface area contributed by atoms with Crippen molar-refractivity contribution in [2.45, 2.75) is 13.3 Å². The molecule has 6 heteroatoms. The number of Topliss-reactive ketones (excluding diaryl/α,β-unsaturated/α-hetero) is 1. The fraction of sp³-hybridized carbons (Fsp3) is 0.158. The van der Waals surface area contributed by atoms with Crippen LogP contribution < -0.4 is 0 Å². The van der Waals surface area contributed by atoms with Crippen molar-refractivity contribution in [2.24, 2.45) is 5.11 Å². The molecule has 0 fully saturated rings. The zero-order valence-electron chi connectivity index (χ0n) is 13.8. The van der Waals surface area contributed by atoms with Gasteiger partial charge in [0.2, 0.25) is 0 Å². The highest BCUT2D eigenvalue weighted by atomic mass is 16.5. The first-order valence-electron chi connectivity index (χ1n) is 7.64. The van der Waals surface area contributed by atoms with E-state index in [9.17, 15) is 9.59 Å². The van der Waals surface area contributed by atoms with E-state index in [4.69, 9.17) is 10.3 Å². The summed E-state index contributed by atoms with van der Waals surface area (Å²) in [6, 6.07) is 16.5. The van der Waals surface area contributed by atoms with E-state index in [0.717, 1.165) is 16.7 Å². The number of benzene rings is 2. The van der Waals surface area contributed by atoms with E-state index in [0.29, 0.717) is 5.69 Å². The third-order valence-corrected chi connectivity index (χ3v) is 3.32. The number of nitrogens with zero attached hydrogens (tertiary/aromatic N) is 3. The molecule has 6 nitrogen and oxygen atoms in total. The number of ether oxygens (including phenoxy) is 1. The molecular weight excluding hydrogens is 318 g/mol. The number of azide groups is 1. The van der Waals surface area contributed by atoms with E-state index in [-0.39, 0.29) is 18.8 Å². The van der Waals surface area contributed by atoms with Gasteiger partial charge in [-0.15, -0.1) is 0 Å². The number of rotatable bonds is 7. The van der Waals surface area contributed by atoms with Gasteiger partial charge in [-0.25, -0.2) is 0 Å². The Morgan fingerprint density at radius 1 is 1.12 bits per heavy atom. The molecule has 0 unspecified atom stereocenters. The SMILES string of the molecule is CC(=O)CC(=O)OC/C(=C\c1ccc(N=[N+]=[N-])cc1)c1ccccc1. The van der Waals surface area contributed by atoms with Gasteiger partial charge in [0.05, 0.1) is 0 Å². The summed E-state index contributed by atoms with van der Waals surface area (Å²) in [4.78, 5) is 25.4. The minimum Gasteiger partial charge on any atom is -0.460 e. The van der Waals surface area contributed by atoms with Crippen LogP contribution in [-0.4, -0.2) is 18.4 Å². The molecular formula is C19H17N3O3. The molecule has 126 valence electrons. The van der Waals surface area contributed by atoms with E-state index in [1.807, 2.05) is 48.5 Å². The Morgan fingerprint density at radius 2 is 1.80 bits per heavy atom. The Hall–Kier alpha value is -3.37. The highest BCUT2D eigenvalue weighted by Crippen LogP contribution is 2.21. The highest BCUT2D eigenvalue weighted by Gasteiger charge is 2.09. The van der Waals surface area contributed by atoms with Crippen LogP contribution in [0.15, 0.2) is 59.7 Å². The minimum absolute atomic E-state index is 0.0637. The average molecular weight is 335 g/mol. The molecule has 0 spiro atoms. The normalized spacial score (nSPS) is 10.7. The van der Waals surface area contributed by atoms with Crippen molar-refractivity contribution in [2.75, 3.05) is 6.61 Å². The van der Waals surface area contributed by atoms with Gasteiger partial charge in [0.1, 0.15) is 18.8 Å². The third kappa shape index (κ3) is 5.97. The van der Waals surface area contributed by atoms with Gasteiger partial charge in [0, 0.05) is 10.6 Å². The summed E-state index contributed by atoms with van der Waals surface area (Å²) in [5.41, 5.74) is 11.6. The van der Waals surface area contributed by atoms with Crippen LogP contribution in [-0.2, 0) is 14.3 Å². The van der Waals surface area contributed by atoms with Crippen molar-refractivity contribution in [1.82, 2.24) is 0 Å². The van der Waals surface area contributed by atoms with Crippen LogP contribution in [0.5, 0.6) is 0 Å². The third-order valence-electron chi connectivity index (χ3n) is 3.32. The van der Waals surface area contributed by atoms with Gasteiger partial charge in [-0.2, -0.15) is 0 Å². The van der Waals surface area contributed by atoms with Gasteiger partial charge in [0.25, 0.3) is 0 Å². The molecule has 25 heavy (non-hydrogen) atoms. The second-order valence-electron chi connectivity index (χ2n) is 5.36. The van der Waals surface area contributed by atoms with Crippen LogP contribution in [0.1, 0.15) is 24.5 Å². The molecule has 2 aromatic carbocycles. The van der Waals surface area contributed by atoms with E-state index in [2.05, 4.69) is 10.0 Å². The smallest absolute Gasteiger partial charge is 0.313 e. The molecule has 0 aromatic heterocycles. The van der Waals surface area contributed by atoms with Crippen molar-refractivity contribution in [1.29, 1.82) is 0 Å². The van der Waals surface area contributed by atoms with E-state index in [1.165, 1.54) is 6.92 Å². The molecule has 0 aliphatic heterocycles. The fourth-order valence-corrected chi connectivity index (χ4v) is 2.16. The molecule has 0 amide bonds. The Morgan fingerprint density at radius 3 is 2.40 bits per heavy atom. The largest absolute Gasteiger partial charge is 0.460 e. The second-order valence-corrected chi connectivity index (χ2v) is 5.36. The molecule has 2 rings (SSSR count). The van der Waals surface area contributed by atoms with E-state index < -0.39 is 5.97 Å². The monoisotopic (exact) mass is 335 g/mol. The van der Waals surface area contributed by atoms with Crippen molar-refractivity contribution >= 4 is 29.1 Å². The molecule has 0 saturated heterocycles. The number of ketones is 1. The molecule has 0 N–H and O–H groups in total. The summed E-state index contributed by atoms with van der Waals surface area (Å²) in [6.07, 6.45) is 1.65. The van der Waals surface area contributed by atoms with Crippen LogP contribution in [0.2, 0.25) is 0 Å². The van der Waals surface area contributed by atoms with Gasteiger partial charge in [-0.3, -0.25) is 9.59 Å². The highest BCUT2D eigenvalue weighted by molar-refractivity contribution is 5.94. The zero-order chi connectivity index (χ0) is 18.1. The first kappa shape index (κ1) is 18.0. The van der Waals surface area contributed by atoms with Crippen molar-refractivity contribution in [3.8, 4) is 0 Å². The summed E-state index contributed by atoms with van der Waals surface area (Å²) < 4.78 is 5.21. The molecule has 0 heterocycles. The van der Waals surface area contributed by atoms with Gasteiger partial charge < -0.3 is 4.74 Å². The number of hydrogen-bond donors (Lipinski definition) is 0. The maximum Gasteiger partial charge on any atom is 0.313 e. The fourth-order valence-electron chi connectivity index (χ4n) is 2.16. The number of carbonyl (C=O) groups excluding carboxylic acids is 2. The van der Waals surface area contributed by atoms with Gasteiger partial charge in [-0.1, -0.05) is 59.7 Å². The van der Waals surface area contributed by atoms with Crippen molar-refractivity contribution in [3.05, 3.63) is 76.2 Å². The molecule has 0 aliphatic carbocycles. The Balaban J connectivity index is 2.23. The lowest BCUT2D eigenvalue weighted by Crippen LogP contribution is -2.10. The van der Waals surface area contributed by atoms with Crippen LogP contribution in [0, 0.1) is 0 Å². The second kappa shape index (κ2) is 9.05. The zero-order valence-corrected chi connectivity index (χ0v) is 13.8. The molecule has 0 aliphatic rings. The molecule has 0 bridgehead atoms. The Bertz CT molecular complexity index is 821. The van der Waals surface area contributed by atoms with Crippen LogP contribution in [0.25, 0.3) is 22.1 Å². The minimum atomic E-state index is -0.548. The number of carbonyl (C=O) groups is 2.